The van der Waals surface area contributed by atoms with Crippen LogP contribution in [0.25, 0.3) is 0 Å². The number of rotatable bonds is 4. The van der Waals surface area contributed by atoms with Crippen LogP contribution < -0.4 is 11.1 Å². The van der Waals surface area contributed by atoms with Crippen molar-refractivity contribution >= 4 is 23.2 Å². The molecule has 20 heavy (non-hydrogen) atoms. The molecule has 2 rings (SSSR count). The van der Waals surface area contributed by atoms with Crippen molar-refractivity contribution in [3.8, 4) is 0 Å². The van der Waals surface area contributed by atoms with E-state index in [4.69, 9.17) is 17.3 Å². The zero-order valence-electron chi connectivity index (χ0n) is 11.3. The predicted molar refractivity (Wildman–Crippen MR) is 83.1 cm³/mol. The van der Waals surface area contributed by atoms with Gasteiger partial charge in [-0.25, -0.2) is 0 Å². The fraction of sp³-hybridized carbons (Fsp3) is 0.188. The maximum Gasteiger partial charge on any atom is 0.253 e. The second-order valence-electron chi connectivity index (χ2n) is 4.67. The van der Waals surface area contributed by atoms with Gasteiger partial charge in [0.25, 0.3) is 5.91 Å². The summed E-state index contributed by atoms with van der Waals surface area (Å²) < 4.78 is 0. The van der Waals surface area contributed by atoms with E-state index in [0.29, 0.717) is 22.8 Å². The summed E-state index contributed by atoms with van der Waals surface area (Å²) in [6, 6.07) is 13.1. The average Bonchev–Trinajstić information content (AvgIpc) is 2.38. The Kier molecular flexibility index (Phi) is 4.64. The van der Waals surface area contributed by atoms with Crippen LogP contribution in [0.1, 0.15) is 21.5 Å². The highest BCUT2D eigenvalue weighted by Gasteiger charge is 2.11. The number of nitrogen functional groups attached to an aromatic ring is 1. The van der Waals surface area contributed by atoms with Crippen molar-refractivity contribution in [2.75, 3.05) is 12.3 Å². The third-order valence-electron chi connectivity index (χ3n) is 3.12. The Hall–Kier alpha value is -2.00. The molecule has 2 aromatic rings. The number of nitrogens with two attached hydrogens (primary N) is 1. The van der Waals surface area contributed by atoms with Crippen molar-refractivity contribution in [1.82, 2.24) is 5.32 Å². The summed E-state index contributed by atoms with van der Waals surface area (Å²) in [6.45, 7) is 2.43. The van der Waals surface area contributed by atoms with Crippen molar-refractivity contribution in [3.63, 3.8) is 0 Å². The highest BCUT2D eigenvalue weighted by atomic mass is 35.5. The molecule has 2 aromatic carbocycles. The molecule has 0 aliphatic carbocycles. The van der Waals surface area contributed by atoms with Crippen LogP contribution >= 0.6 is 11.6 Å². The average molecular weight is 289 g/mol. The van der Waals surface area contributed by atoms with Crippen molar-refractivity contribution in [2.24, 2.45) is 0 Å². The summed E-state index contributed by atoms with van der Waals surface area (Å²) in [5, 5.41) is 3.59. The third kappa shape index (κ3) is 3.52. The molecular weight excluding hydrogens is 272 g/mol. The normalized spacial score (nSPS) is 10.3. The number of hydrogen-bond acceptors (Lipinski definition) is 2. The van der Waals surface area contributed by atoms with E-state index in [1.54, 1.807) is 6.07 Å². The van der Waals surface area contributed by atoms with Crippen molar-refractivity contribution in [3.05, 3.63) is 64.2 Å². The molecule has 0 saturated heterocycles. The summed E-state index contributed by atoms with van der Waals surface area (Å²) in [5.74, 6) is -0.136. The van der Waals surface area contributed by atoms with E-state index in [-0.39, 0.29) is 5.91 Å². The first kappa shape index (κ1) is 14.4. The van der Waals surface area contributed by atoms with Crippen LogP contribution in [0.4, 0.5) is 5.69 Å². The second-order valence-corrected chi connectivity index (χ2v) is 5.11. The van der Waals surface area contributed by atoms with Gasteiger partial charge in [-0.1, -0.05) is 35.9 Å². The van der Waals surface area contributed by atoms with Gasteiger partial charge in [-0.2, -0.15) is 0 Å². The molecule has 0 saturated carbocycles. The molecule has 0 atom stereocenters. The van der Waals surface area contributed by atoms with Gasteiger partial charge in [0.15, 0.2) is 0 Å². The Morgan fingerprint density at radius 1 is 1.25 bits per heavy atom. The van der Waals surface area contributed by atoms with E-state index in [0.717, 1.165) is 17.5 Å². The van der Waals surface area contributed by atoms with Crippen LogP contribution in [0.3, 0.4) is 0 Å². The smallest absolute Gasteiger partial charge is 0.253 e. The quantitative estimate of drug-likeness (QED) is 0.849. The molecule has 0 heterocycles. The summed E-state index contributed by atoms with van der Waals surface area (Å²) in [7, 11) is 0. The number of carbonyl (C=O) groups excluding carboxylic acids is 1. The number of halogens is 1. The van der Waals surface area contributed by atoms with Crippen LogP contribution in [-0.4, -0.2) is 12.5 Å². The van der Waals surface area contributed by atoms with Gasteiger partial charge < -0.3 is 11.1 Å². The number of hydrogen-bond donors (Lipinski definition) is 2. The Balaban J connectivity index is 1.96. The zero-order valence-corrected chi connectivity index (χ0v) is 12.1. The first-order valence-electron chi connectivity index (χ1n) is 6.45. The molecule has 0 aliphatic rings. The standard InChI is InChI=1S/C16H17ClN2O/c1-11-4-2-7-14(18)15(11)16(20)19-9-8-12-5-3-6-13(17)10-12/h2-7,10H,8-9,18H2,1H3,(H,19,20). The fourth-order valence-corrected chi connectivity index (χ4v) is 2.31. The monoisotopic (exact) mass is 288 g/mol. The molecule has 0 unspecified atom stereocenters. The molecule has 0 aromatic heterocycles. The van der Waals surface area contributed by atoms with Crippen molar-refractivity contribution < 1.29 is 4.79 Å². The molecule has 0 fully saturated rings. The molecule has 0 bridgehead atoms. The fourth-order valence-electron chi connectivity index (χ4n) is 2.10. The van der Waals surface area contributed by atoms with Gasteiger partial charge >= 0.3 is 0 Å². The third-order valence-corrected chi connectivity index (χ3v) is 3.36. The van der Waals surface area contributed by atoms with E-state index >= 15 is 0 Å². The van der Waals surface area contributed by atoms with Crippen molar-refractivity contribution in [2.45, 2.75) is 13.3 Å². The Bertz CT molecular complexity index is 605. The number of aryl methyl sites for hydroxylation is 1. The lowest BCUT2D eigenvalue weighted by Crippen LogP contribution is -2.27. The Morgan fingerprint density at radius 3 is 2.70 bits per heavy atom. The lowest BCUT2D eigenvalue weighted by Gasteiger charge is -2.10. The number of carbonyl (C=O) groups is 1. The highest BCUT2D eigenvalue weighted by molar-refractivity contribution is 6.30. The van der Waals surface area contributed by atoms with Crippen molar-refractivity contribution in [1.29, 1.82) is 0 Å². The largest absolute Gasteiger partial charge is 0.398 e. The number of anilines is 1. The van der Waals surface area contributed by atoms with Gasteiger partial charge in [0.05, 0.1) is 5.56 Å². The lowest BCUT2D eigenvalue weighted by atomic mass is 10.1. The minimum atomic E-state index is -0.136. The minimum Gasteiger partial charge on any atom is -0.398 e. The molecular formula is C16H17ClN2O. The van der Waals surface area contributed by atoms with E-state index in [1.807, 2.05) is 43.3 Å². The maximum absolute atomic E-state index is 12.1. The predicted octanol–water partition coefficient (Wildman–Crippen LogP) is 3.20. The molecule has 104 valence electrons. The van der Waals surface area contributed by atoms with E-state index in [2.05, 4.69) is 5.32 Å². The summed E-state index contributed by atoms with van der Waals surface area (Å²) in [6.07, 6.45) is 0.734. The van der Waals surface area contributed by atoms with Crippen LogP contribution in [0, 0.1) is 6.92 Å². The number of amides is 1. The first-order valence-corrected chi connectivity index (χ1v) is 6.83. The van der Waals surface area contributed by atoms with Crippen LogP contribution in [0.2, 0.25) is 5.02 Å². The van der Waals surface area contributed by atoms with Gasteiger partial charge in [-0.05, 0) is 42.7 Å². The summed E-state index contributed by atoms with van der Waals surface area (Å²) >= 11 is 5.92. The molecule has 3 nitrogen and oxygen atoms in total. The van der Waals surface area contributed by atoms with Crippen LogP contribution in [0.15, 0.2) is 42.5 Å². The highest BCUT2D eigenvalue weighted by Crippen LogP contribution is 2.16. The van der Waals surface area contributed by atoms with E-state index in [9.17, 15) is 4.79 Å². The molecule has 0 spiro atoms. The SMILES string of the molecule is Cc1cccc(N)c1C(=O)NCCc1cccc(Cl)c1. The minimum absolute atomic E-state index is 0.136. The Morgan fingerprint density at radius 2 is 2.00 bits per heavy atom. The molecule has 0 radical (unpaired) electrons. The van der Waals surface area contributed by atoms with Gasteiger partial charge in [-0.15, -0.1) is 0 Å². The van der Waals surface area contributed by atoms with Crippen LogP contribution in [0.5, 0.6) is 0 Å². The molecule has 3 N–H and O–H groups in total. The molecule has 1 amide bonds. The van der Waals surface area contributed by atoms with Gasteiger partial charge in [0, 0.05) is 17.3 Å². The topological polar surface area (TPSA) is 55.1 Å². The number of nitrogens with one attached hydrogen (secondary N) is 1. The summed E-state index contributed by atoms with van der Waals surface area (Å²) in [5.41, 5.74) is 8.88. The molecule has 0 aliphatic heterocycles. The summed E-state index contributed by atoms with van der Waals surface area (Å²) in [4.78, 5) is 12.1. The Labute approximate surface area is 123 Å². The lowest BCUT2D eigenvalue weighted by molar-refractivity contribution is 0.0954. The van der Waals surface area contributed by atoms with Gasteiger partial charge in [-0.3, -0.25) is 4.79 Å². The maximum atomic E-state index is 12.1. The first-order chi connectivity index (χ1) is 9.58. The second kappa shape index (κ2) is 6.44. The van der Waals surface area contributed by atoms with Gasteiger partial charge in [0.2, 0.25) is 0 Å². The molecule has 4 heteroatoms. The van der Waals surface area contributed by atoms with E-state index in [1.165, 1.54) is 0 Å². The number of benzene rings is 2. The zero-order chi connectivity index (χ0) is 14.5. The van der Waals surface area contributed by atoms with E-state index < -0.39 is 0 Å². The van der Waals surface area contributed by atoms with Crippen LogP contribution in [-0.2, 0) is 6.42 Å². The van der Waals surface area contributed by atoms with Gasteiger partial charge in [0.1, 0.15) is 0 Å².